The van der Waals surface area contributed by atoms with E-state index in [9.17, 15) is 14.0 Å². The fraction of sp³-hybridized carbons (Fsp3) is 0.304. The number of nitrogens with one attached hydrogen (secondary N) is 2. The molecular weight excluding hydrogens is 429 g/mol. The summed E-state index contributed by atoms with van der Waals surface area (Å²) >= 11 is 1.27. The SMILES string of the molecule is CCn1c(SCC(=O)Nc2ccc(C)cc2C)nnc1C(C)NC(=O)c1ccccc1F. The molecule has 3 aromatic rings. The second-order valence-corrected chi connectivity index (χ2v) is 8.36. The summed E-state index contributed by atoms with van der Waals surface area (Å²) < 4.78 is 15.7. The molecule has 1 atom stereocenters. The molecule has 1 aromatic heterocycles. The molecule has 2 amide bonds. The summed E-state index contributed by atoms with van der Waals surface area (Å²) in [7, 11) is 0. The number of aromatic nitrogens is 3. The number of nitrogens with zero attached hydrogens (tertiary/aromatic N) is 3. The molecule has 2 aromatic carbocycles. The number of benzene rings is 2. The minimum absolute atomic E-state index is 0.0282. The molecule has 32 heavy (non-hydrogen) atoms. The predicted molar refractivity (Wildman–Crippen MR) is 123 cm³/mol. The fourth-order valence-electron chi connectivity index (χ4n) is 3.28. The number of hydrogen-bond donors (Lipinski definition) is 2. The second-order valence-electron chi connectivity index (χ2n) is 7.42. The molecule has 0 aliphatic carbocycles. The van der Waals surface area contributed by atoms with Crippen molar-refractivity contribution in [2.24, 2.45) is 0 Å². The highest BCUT2D eigenvalue weighted by molar-refractivity contribution is 7.99. The van der Waals surface area contributed by atoms with Crippen LogP contribution in [0.2, 0.25) is 0 Å². The Morgan fingerprint density at radius 1 is 1.16 bits per heavy atom. The van der Waals surface area contributed by atoms with Crippen LogP contribution in [0.1, 0.15) is 47.2 Å². The quantitative estimate of drug-likeness (QED) is 0.495. The molecule has 0 bridgehead atoms. The van der Waals surface area contributed by atoms with E-state index in [1.54, 1.807) is 13.0 Å². The van der Waals surface area contributed by atoms with Crippen molar-refractivity contribution >= 4 is 29.3 Å². The number of carbonyl (C=O) groups is 2. The minimum Gasteiger partial charge on any atom is -0.342 e. The molecule has 0 aliphatic heterocycles. The largest absolute Gasteiger partial charge is 0.342 e. The highest BCUT2D eigenvalue weighted by Gasteiger charge is 2.21. The molecule has 168 valence electrons. The summed E-state index contributed by atoms with van der Waals surface area (Å²) in [5.41, 5.74) is 2.89. The lowest BCUT2D eigenvalue weighted by atomic mass is 10.1. The Morgan fingerprint density at radius 3 is 2.59 bits per heavy atom. The van der Waals surface area contributed by atoms with E-state index in [1.807, 2.05) is 43.5 Å². The molecule has 0 saturated carbocycles. The number of aryl methyl sites for hydroxylation is 2. The van der Waals surface area contributed by atoms with Gasteiger partial charge < -0.3 is 15.2 Å². The van der Waals surface area contributed by atoms with Gasteiger partial charge in [-0.15, -0.1) is 10.2 Å². The van der Waals surface area contributed by atoms with Gasteiger partial charge in [0.1, 0.15) is 5.82 Å². The molecule has 1 heterocycles. The maximum Gasteiger partial charge on any atom is 0.254 e. The van der Waals surface area contributed by atoms with E-state index in [2.05, 4.69) is 20.8 Å². The Morgan fingerprint density at radius 2 is 1.91 bits per heavy atom. The number of hydrogen-bond acceptors (Lipinski definition) is 5. The van der Waals surface area contributed by atoms with Crippen LogP contribution in [0.15, 0.2) is 47.6 Å². The van der Waals surface area contributed by atoms with Gasteiger partial charge in [-0.25, -0.2) is 4.39 Å². The maximum absolute atomic E-state index is 13.9. The Balaban J connectivity index is 1.64. The highest BCUT2D eigenvalue weighted by Crippen LogP contribution is 2.22. The average molecular weight is 456 g/mol. The third-order valence-electron chi connectivity index (χ3n) is 4.90. The van der Waals surface area contributed by atoms with Gasteiger partial charge in [-0.2, -0.15) is 0 Å². The fourth-order valence-corrected chi connectivity index (χ4v) is 4.09. The van der Waals surface area contributed by atoms with Gasteiger partial charge in [-0.1, -0.05) is 41.6 Å². The summed E-state index contributed by atoms with van der Waals surface area (Å²) in [6.45, 7) is 8.20. The van der Waals surface area contributed by atoms with Crippen LogP contribution in [0.25, 0.3) is 0 Å². The summed E-state index contributed by atoms with van der Waals surface area (Å²) in [5, 5.41) is 14.6. The van der Waals surface area contributed by atoms with Crippen molar-refractivity contribution in [3.63, 3.8) is 0 Å². The molecule has 0 saturated heterocycles. The first-order valence-electron chi connectivity index (χ1n) is 10.3. The zero-order valence-corrected chi connectivity index (χ0v) is 19.3. The Labute approximate surface area is 190 Å². The Kier molecular flexibility index (Phi) is 7.63. The van der Waals surface area contributed by atoms with Gasteiger partial charge in [0.2, 0.25) is 5.91 Å². The van der Waals surface area contributed by atoms with E-state index in [0.29, 0.717) is 17.5 Å². The van der Waals surface area contributed by atoms with Crippen LogP contribution in [0.4, 0.5) is 10.1 Å². The number of amides is 2. The highest BCUT2D eigenvalue weighted by atomic mass is 32.2. The number of anilines is 1. The summed E-state index contributed by atoms with van der Waals surface area (Å²) in [6, 6.07) is 11.2. The van der Waals surface area contributed by atoms with Gasteiger partial charge in [0.15, 0.2) is 11.0 Å². The van der Waals surface area contributed by atoms with Crippen molar-refractivity contribution < 1.29 is 14.0 Å². The number of rotatable bonds is 8. The van der Waals surface area contributed by atoms with Crippen LogP contribution in [-0.4, -0.2) is 32.3 Å². The zero-order valence-electron chi connectivity index (χ0n) is 18.5. The van der Waals surface area contributed by atoms with Crippen LogP contribution in [0.5, 0.6) is 0 Å². The van der Waals surface area contributed by atoms with Crippen molar-refractivity contribution in [3.05, 3.63) is 70.8 Å². The first-order valence-corrected chi connectivity index (χ1v) is 11.3. The van der Waals surface area contributed by atoms with Crippen LogP contribution >= 0.6 is 11.8 Å². The van der Waals surface area contributed by atoms with Crippen LogP contribution in [0, 0.1) is 19.7 Å². The van der Waals surface area contributed by atoms with E-state index >= 15 is 0 Å². The molecule has 0 fully saturated rings. The molecule has 0 radical (unpaired) electrons. The maximum atomic E-state index is 13.9. The molecule has 0 aliphatic rings. The number of carbonyl (C=O) groups excluding carboxylic acids is 2. The summed E-state index contributed by atoms with van der Waals surface area (Å²) in [4.78, 5) is 24.8. The molecule has 3 rings (SSSR count). The van der Waals surface area contributed by atoms with Gasteiger partial charge in [0, 0.05) is 12.2 Å². The van der Waals surface area contributed by atoms with Crippen molar-refractivity contribution in [2.75, 3.05) is 11.1 Å². The van der Waals surface area contributed by atoms with Crippen LogP contribution in [0.3, 0.4) is 0 Å². The van der Waals surface area contributed by atoms with E-state index < -0.39 is 17.8 Å². The minimum atomic E-state index is -0.583. The topological polar surface area (TPSA) is 88.9 Å². The zero-order chi connectivity index (χ0) is 23.3. The molecular formula is C23H26FN5O2S. The third kappa shape index (κ3) is 5.53. The Bertz CT molecular complexity index is 1130. The predicted octanol–water partition coefficient (Wildman–Crippen LogP) is 4.28. The Hall–Kier alpha value is -3.20. The first kappa shape index (κ1) is 23.5. The van der Waals surface area contributed by atoms with Crippen molar-refractivity contribution in [1.82, 2.24) is 20.1 Å². The third-order valence-corrected chi connectivity index (χ3v) is 5.87. The lowest BCUT2D eigenvalue weighted by molar-refractivity contribution is -0.113. The van der Waals surface area contributed by atoms with E-state index in [4.69, 9.17) is 0 Å². The molecule has 1 unspecified atom stereocenters. The molecule has 2 N–H and O–H groups in total. The van der Waals surface area contributed by atoms with Gasteiger partial charge in [-0.3, -0.25) is 9.59 Å². The first-order chi connectivity index (χ1) is 15.3. The number of thioether (sulfide) groups is 1. The van der Waals surface area contributed by atoms with Gasteiger partial charge in [0.05, 0.1) is 17.4 Å². The normalized spacial score (nSPS) is 11.8. The van der Waals surface area contributed by atoms with Gasteiger partial charge >= 0.3 is 0 Å². The van der Waals surface area contributed by atoms with E-state index in [0.717, 1.165) is 16.8 Å². The van der Waals surface area contributed by atoms with Crippen LogP contribution in [-0.2, 0) is 11.3 Å². The van der Waals surface area contributed by atoms with Crippen molar-refractivity contribution in [1.29, 1.82) is 0 Å². The number of halogens is 1. The van der Waals surface area contributed by atoms with E-state index in [-0.39, 0.29) is 17.2 Å². The summed E-state index contributed by atoms with van der Waals surface area (Å²) in [6.07, 6.45) is 0. The smallest absolute Gasteiger partial charge is 0.254 e. The lowest BCUT2D eigenvalue weighted by Crippen LogP contribution is -2.29. The van der Waals surface area contributed by atoms with Crippen molar-refractivity contribution in [2.45, 2.75) is 45.4 Å². The average Bonchev–Trinajstić information content (AvgIpc) is 3.17. The van der Waals surface area contributed by atoms with Gasteiger partial charge in [-0.05, 0) is 51.5 Å². The molecule has 0 spiro atoms. The summed E-state index contributed by atoms with van der Waals surface area (Å²) in [5.74, 6) is -0.547. The molecule has 9 heteroatoms. The van der Waals surface area contributed by atoms with E-state index in [1.165, 1.54) is 30.0 Å². The van der Waals surface area contributed by atoms with Crippen LogP contribution < -0.4 is 10.6 Å². The molecule has 7 nitrogen and oxygen atoms in total. The standard InChI is InChI=1S/C23H26FN5O2S/c1-5-29-21(16(4)25-22(31)17-8-6-7-9-18(17)24)27-28-23(29)32-13-20(30)26-19-11-10-14(2)12-15(19)3/h6-12,16H,5,13H2,1-4H3,(H,25,31)(H,26,30). The monoisotopic (exact) mass is 455 g/mol. The van der Waals surface area contributed by atoms with Gasteiger partial charge in [0.25, 0.3) is 5.91 Å². The van der Waals surface area contributed by atoms with Crippen molar-refractivity contribution in [3.8, 4) is 0 Å². The lowest BCUT2D eigenvalue weighted by Gasteiger charge is -2.15. The second kappa shape index (κ2) is 10.4.